The zero-order chi connectivity index (χ0) is 10.4. The molecule has 2 N–H and O–H groups in total. The van der Waals surface area contributed by atoms with Crippen LogP contribution in [0.4, 0.5) is 5.69 Å². The van der Waals surface area contributed by atoms with Crippen molar-refractivity contribution < 1.29 is 9.84 Å². The molecule has 0 aromatic heterocycles. The summed E-state index contributed by atoms with van der Waals surface area (Å²) in [5.74, 6) is 0.815. The number of benzene rings is 1. The summed E-state index contributed by atoms with van der Waals surface area (Å²) in [6, 6.07) is 7.40. The number of anilines is 1. The van der Waals surface area contributed by atoms with Gasteiger partial charge in [-0.25, -0.2) is 0 Å². The monoisotopic (exact) mass is 193 g/mol. The third kappa shape index (κ3) is 2.78. The molecular weight excluding hydrogens is 178 g/mol. The van der Waals surface area contributed by atoms with E-state index in [4.69, 9.17) is 9.84 Å². The van der Waals surface area contributed by atoms with Gasteiger partial charge in [0.05, 0.1) is 19.8 Å². The Morgan fingerprint density at radius 2 is 2.14 bits per heavy atom. The third-order valence-electron chi connectivity index (χ3n) is 1.92. The Labute approximate surface area is 84.0 Å². The predicted molar refractivity (Wildman–Crippen MR) is 57.7 cm³/mol. The fourth-order valence-electron chi connectivity index (χ4n) is 1.08. The lowest BCUT2D eigenvalue weighted by molar-refractivity contribution is 0.291. The number of aliphatic hydroxyl groups excluding tert-OH is 1. The van der Waals surface area contributed by atoms with Crippen molar-refractivity contribution in [2.45, 2.75) is 6.04 Å². The molecule has 1 aromatic rings. The van der Waals surface area contributed by atoms with Gasteiger partial charge in [0.1, 0.15) is 5.75 Å². The highest BCUT2D eigenvalue weighted by atomic mass is 16.5. The van der Waals surface area contributed by atoms with Gasteiger partial charge in [0, 0.05) is 5.69 Å². The molecule has 0 bridgehead atoms. The van der Waals surface area contributed by atoms with Crippen molar-refractivity contribution in [2.75, 3.05) is 19.0 Å². The summed E-state index contributed by atoms with van der Waals surface area (Å²) >= 11 is 0. The lowest BCUT2D eigenvalue weighted by atomic mass is 10.2. The summed E-state index contributed by atoms with van der Waals surface area (Å²) < 4.78 is 5.03. The zero-order valence-electron chi connectivity index (χ0n) is 8.23. The average Bonchev–Trinajstić information content (AvgIpc) is 2.26. The van der Waals surface area contributed by atoms with Crippen LogP contribution in [0.25, 0.3) is 0 Å². The average molecular weight is 193 g/mol. The summed E-state index contributed by atoms with van der Waals surface area (Å²) in [6.07, 6.45) is 1.67. The van der Waals surface area contributed by atoms with E-state index in [9.17, 15) is 0 Å². The Balaban J connectivity index is 2.63. The predicted octanol–water partition coefficient (Wildman–Crippen LogP) is 1.65. The molecule has 14 heavy (non-hydrogen) atoms. The molecule has 0 fully saturated rings. The van der Waals surface area contributed by atoms with Crippen LogP contribution in [0.1, 0.15) is 0 Å². The van der Waals surface area contributed by atoms with E-state index in [1.54, 1.807) is 13.2 Å². The van der Waals surface area contributed by atoms with Crippen molar-refractivity contribution in [3.8, 4) is 5.75 Å². The van der Waals surface area contributed by atoms with E-state index < -0.39 is 0 Å². The van der Waals surface area contributed by atoms with Gasteiger partial charge in [0.2, 0.25) is 0 Å². The fourth-order valence-corrected chi connectivity index (χ4v) is 1.08. The van der Waals surface area contributed by atoms with E-state index in [1.165, 1.54) is 0 Å². The van der Waals surface area contributed by atoms with Gasteiger partial charge < -0.3 is 15.2 Å². The van der Waals surface area contributed by atoms with E-state index in [0.717, 1.165) is 11.4 Å². The van der Waals surface area contributed by atoms with Crippen LogP contribution in [-0.2, 0) is 0 Å². The second-order valence-corrected chi connectivity index (χ2v) is 2.90. The number of aliphatic hydroxyl groups is 1. The lowest BCUT2D eigenvalue weighted by Gasteiger charge is -2.13. The van der Waals surface area contributed by atoms with Crippen molar-refractivity contribution in [2.24, 2.45) is 0 Å². The summed E-state index contributed by atoms with van der Waals surface area (Å²) in [4.78, 5) is 0. The molecule has 0 unspecified atom stereocenters. The summed E-state index contributed by atoms with van der Waals surface area (Å²) in [7, 11) is 1.63. The van der Waals surface area contributed by atoms with Crippen LogP contribution in [0.15, 0.2) is 36.9 Å². The summed E-state index contributed by atoms with van der Waals surface area (Å²) in [6.45, 7) is 3.65. The SMILES string of the molecule is C=C[C@@H](CO)Nc1ccc(OC)cc1. The van der Waals surface area contributed by atoms with Crippen molar-refractivity contribution in [3.05, 3.63) is 36.9 Å². The quantitative estimate of drug-likeness (QED) is 0.699. The van der Waals surface area contributed by atoms with Crippen molar-refractivity contribution in [3.63, 3.8) is 0 Å². The van der Waals surface area contributed by atoms with Crippen LogP contribution >= 0.6 is 0 Å². The van der Waals surface area contributed by atoms with Crippen LogP contribution in [0.2, 0.25) is 0 Å². The number of rotatable bonds is 5. The van der Waals surface area contributed by atoms with E-state index in [-0.39, 0.29) is 12.6 Å². The van der Waals surface area contributed by atoms with Crippen LogP contribution in [0.5, 0.6) is 5.75 Å². The van der Waals surface area contributed by atoms with Gasteiger partial charge in [-0.2, -0.15) is 0 Å². The molecule has 0 spiro atoms. The van der Waals surface area contributed by atoms with Crippen LogP contribution in [0.3, 0.4) is 0 Å². The second kappa shape index (κ2) is 5.29. The number of hydrogen-bond donors (Lipinski definition) is 2. The second-order valence-electron chi connectivity index (χ2n) is 2.90. The van der Waals surface area contributed by atoms with Crippen molar-refractivity contribution in [1.82, 2.24) is 0 Å². The minimum atomic E-state index is -0.108. The number of ether oxygens (including phenoxy) is 1. The van der Waals surface area contributed by atoms with Crippen molar-refractivity contribution >= 4 is 5.69 Å². The Morgan fingerprint density at radius 1 is 1.50 bits per heavy atom. The maximum absolute atomic E-state index is 8.93. The van der Waals surface area contributed by atoms with Crippen LogP contribution in [-0.4, -0.2) is 24.9 Å². The minimum absolute atomic E-state index is 0.0372. The number of hydrogen-bond acceptors (Lipinski definition) is 3. The van der Waals surface area contributed by atoms with Gasteiger partial charge in [-0.3, -0.25) is 0 Å². The standard InChI is InChI=1S/C11H15NO2/c1-3-9(8-13)12-10-4-6-11(14-2)7-5-10/h3-7,9,12-13H,1,8H2,2H3/t9-/m0/s1. The molecule has 0 saturated heterocycles. The van der Waals surface area contributed by atoms with Crippen LogP contribution < -0.4 is 10.1 Å². The molecule has 0 radical (unpaired) electrons. The Kier molecular flexibility index (Phi) is 4.01. The first-order valence-electron chi connectivity index (χ1n) is 4.44. The normalized spacial score (nSPS) is 11.9. The molecule has 1 rings (SSSR count). The molecule has 0 amide bonds. The Bertz CT molecular complexity index is 282. The largest absolute Gasteiger partial charge is 0.497 e. The fraction of sp³-hybridized carbons (Fsp3) is 0.273. The molecule has 1 atom stereocenters. The van der Waals surface area contributed by atoms with Gasteiger partial charge in [-0.1, -0.05) is 6.08 Å². The Hall–Kier alpha value is -1.48. The third-order valence-corrected chi connectivity index (χ3v) is 1.92. The molecule has 1 aromatic carbocycles. The van der Waals surface area contributed by atoms with E-state index in [1.807, 2.05) is 24.3 Å². The smallest absolute Gasteiger partial charge is 0.119 e. The highest BCUT2D eigenvalue weighted by Crippen LogP contribution is 2.15. The Morgan fingerprint density at radius 3 is 2.57 bits per heavy atom. The first-order chi connectivity index (χ1) is 6.80. The minimum Gasteiger partial charge on any atom is -0.497 e. The molecule has 0 aliphatic rings. The van der Waals surface area contributed by atoms with E-state index in [2.05, 4.69) is 11.9 Å². The number of methoxy groups -OCH3 is 1. The highest BCUT2D eigenvalue weighted by Gasteiger charge is 2.01. The number of nitrogens with one attached hydrogen (secondary N) is 1. The first-order valence-corrected chi connectivity index (χ1v) is 4.44. The van der Waals surface area contributed by atoms with Gasteiger partial charge in [0.15, 0.2) is 0 Å². The van der Waals surface area contributed by atoms with E-state index >= 15 is 0 Å². The maximum Gasteiger partial charge on any atom is 0.119 e. The van der Waals surface area contributed by atoms with Gasteiger partial charge in [-0.05, 0) is 24.3 Å². The molecule has 76 valence electrons. The van der Waals surface area contributed by atoms with Gasteiger partial charge >= 0.3 is 0 Å². The zero-order valence-corrected chi connectivity index (χ0v) is 8.23. The molecule has 0 aliphatic carbocycles. The highest BCUT2D eigenvalue weighted by molar-refractivity contribution is 5.47. The summed E-state index contributed by atoms with van der Waals surface area (Å²) in [5.41, 5.74) is 0.935. The lowest BCUT2D eigenvalue weighted by Crippen LogP contribution is -2.20. The molecule has 0 saturated carbocycles. The molecular formula is C11H15NO2. The molecule has 0 heterocycles. The van der Waals surface area contributed by atoms with Crippen molar-refractivity contribution in [1.29, 1.82) is 0 Å². The topological polar surface area (TPSA) is 41.5 Å². The maximum atomic E-state index is 8.93. The van der Waals surface area contributed by atoms with Gasteiger partial charge in [-0.15, -0.1) is 6.58 Å². The summed E-state index contributed by atoms with van der Waals surface area (Å²) in [5, 5.41) is 12.0. The van der Waals surface area contributed by atoms with Gasteiger partial charge in [0.25, 0.3) is 0 Å². The van der Waals surface area contributed by atoms with Crippen LogP contribution in [0, 0.1) is 0 Å². The molecule has 3 heteroatoms. The molecule has 0 aliphatic heterocycles. The first kappa shape index (κ1) is 10.6. The molecule has 3 nitrogen and oxygen atoms in total. The van der Waals surface area contributed by atoms with E-state index in [0.29, 0.717) is 0 Å².